The van der Waals surface area contributed by atoms with E-state index in [1.165, 1.54) is 15.7 Å². The smallest absolute Gasteiger partial charge is 0.422 e. The number of aromatic nitrogens is 1. The molecule has 0 aliphatic heterocycles. The van der Waals surface area contributed by atoms with E-state index < -0.39 is 11.4 Å². The summed E-state index contributed by atoms with van der Waals surface area (Å²) in [5.41, 5.74) is 2.37. The highest BCUT2D eigenvalue weighted by Gasteiger charge is 2.08. The van der Waals surface area contributed by atoms with Crippen molar-refractivity contribution in [2.75, 3.05) is 6.61 Å². The van der Waals surface area contributed by atoms with Crippen LogP contribution in [0.15, 0.2) is 56.5 Å². The molecule has 0 radical (unpaired) electrons. The van der Waals surface area contributed by atoms with E-state index in [9.17, 15) is 9.59 Å². The lowest BCUT2D eigenvalue weighted by molar-refractivity contribution is 0.300. The number of hydrogen-bond acceptors (Lipinski definition) is 4. The second-order valence-electron chi connectivity index (χ2n) is 6.20. The molecule has 0 saturated carbocycles. The zero-order chi connectivity index (χ0) is 17.8. The third-order valence-electron chi connectivity index (χ3n) is 4.06. The Hall–Kier alpha value is -2.82. The average molecular weight is 339 g/mol. The van der Waals surface area contributed by atoms with Crippen molar-refractivity contribution in [3.05, 3.63) is 74.6 Å². The fourth-order valence-electron chi connectivity index (χ4n) is 2.96. The van der Waals surface area contributed by atoms with Crippen molar-refractivity contribution < 1.29 is 9.15 Å². The minimum absolute atomic E-state index is 0.425. The van der Waals surface area contributed by atoms with Crippen LogP contribution < -0.4 is 16.1 Å². The molecule has 0 saturated heterocycles. The third-order valence-corrected chi connectivity index (χ3v) is 4.06. The highest BCUT2D eigenvalue weighted by molar-refractivity contribution is 5.77. The zero-order valence-corrected chi connectivity index (χ0v) is 14.5. The SMILES string of the molecule is Cc1cc(C)cc(OCCCCn2c(=O)oc(=O)c3ccccc32)c1. The Morgan fingerprint density at radius 2 is 1.72 bits per heavy atom. The highest BCUT2D eigenvalue weighted by Crippen LogP contribution is 2.16. The molecule has 5 nitrogen and oxygen atoms in total. The highest BCUT2D eigenvalue weighted by atomic mass is 16.5. The normalized spacial score (nSPS) is 11.0. The number of rotatable bonds is 6. The lowest BCUT2D eigenvalue weighted by Gasteiger charge is -2.10. The van der Waals surface area contributed by atoms with Gasteiger partial charge in [-0.3, -0.25) is 4.57 Å². The van der Waals surface area contributed by atoms with Crippen LogP contribution in [0.3, 0.4) is 0 Å². The first-order chi connectivity index (χ1) is 12.0. The van der Waals surface area contributed by atoms with Crippen molar-refractivity contribution in [2.24, 2.45) is 0 Å². The molecule has 2 aromatic carbocycles. The Morgan fingerprint density at radius 3 is 2.48 bits per heavy atom. The van der Waals surface area contributed by atoms with E-state index in [4.69, 9.17) is 9.15 Å². The summed E-state index contributed by atoms with van der Waals surface area (Å²) in [6.07, 6.45) is 1.55. The Balaban J connectivity index is 1.62. The van der Waals surface area contributed by atoms with Crippen LogP contribution in [0.2, 0.25) is 0 Å². The number of benzene rings is 2. The lowest BCUT2D eigenvalue weighted by atomic mass is 10.1. The summed E-state index contributed by atoms with van der Waals surface area (Å²) in [5.74, 6) is 0.254. The predicted octanol–water partition coefficient (Wildman–Crippen LogP) is 3.43. The van der Waals surface area contributed by atoms with Gasteiger partial charge in [-0.1, -0.05) is 18.2 Å². The van der Waals surface area contributed by atoms with E-state index in [1.807, 2.05) is 26.0 Å². The summed E-state index contributed by atoms with van der Waals surface area (Å²) >= 11 is 0. The van der Waals surface area contributed by atoms with Gasteiger partial charge in [0.1, 0.15) is 5.75 Å². The van der Waals surface area contributed by atoms with Crippen LogP contribution in [-0.2, 0) is 6.54 Å². The summed E-state index contributed by atoms with van der Waals surface area (Å²) in [4.78, 5) is 23.7. The molecule has 0 unspecified atom stereocenters. The minimum atomic E-state index is -0.612. The molecule has 0 fully saturated rings. The maximum atomic E-state index is 12.0. The minimum Gasteiger partial charge on any atom is -0.494 e. The van der Waals surface area contributed by atoms with Crippen LogP contribution in [0, 0.1) is 13.8 Å². The van der Waals surface area contributed by atoms with Crippen LogP contribution in [0.1, 0.15) is 24.0 Å². The van der Waals surface area contributed by atoms with Gasteiger partial charge in [-0.25, -0.2) is 9.59 Å². The molecule has 0 atom stereocenters. The average Bonchev–Trinajstić information content (AvgIpc) is 2.56. The van der Waals surface area contributed by atoms with Gasteiger partial charge in [-0.05, 0) is 62.1 Å². The molecular formula is C20H21NO4. The van der Waals surface area contributed by atoms with Crippen molar-refractivity contribution in [2.45, 2.75) is 33.2 Å². The largest absolute Gasteiger partial charge is 0.494 e. The van der Waals surface area contributed by atoms with Gasteiger partial charge in [0.2, 0.25) is 0 Å². The Bertz CT molecular complexity index is 980. The molecular weight excluding hydrogens is 318 g/mol. The van der Waals surface area contributed by atoms with Gasteiger partial charge in [0.25, 0.3) is 0 Å². The lowest BCUT2D eigenvalue weighted by Crippen LogP contribution is -2.25. The van der Waals surface area contributed by atoms with Crippen LogP contribution in [-0.4, -0.2) is 11.2 Å². The first kappa shape index (κ1) is 17.0. The quantitative estimate of drug-likeness (QED) is 0.646. The van der Waals surface area contributed by atoms with Gasteiger partial charge in [0.15, 0.2) is 0 Å². The Labute approximate surface area is 145 Å². The number of fused-ring (bicyclic) bond motifs is 1. The van der Waals surface area contributed by atoms with Crippen LogP contribution in [0.5, 0.6) is 5.75 Å². The Kier molecular flexibility index (Phi) is 5.03. The summed E-state index contributed by atoms with van der Waals surface area (Å²) in [7, 11) is 0. The summed E-state index contributed by atoms with van der Waals surface area (Å²) < 4.78 is 12.1. The van der Waals surface area contributed by atoms with Crippen molar-refractivity contribution in [1.82, 2.24) is 4.57 Å². The molecule has 0 aliphatic carbocycles. The van der Waals surface area contributed by atoms with Crippen molar-refractivity contribution in [3.8, 4) is 5.75 Å². The third kappa shape index (κ3) is 3.99. The molecule has 1 heterocycles. The molecule has 0 bridgehead atoms. The van der Waals surface area contributed by atoms with Gasteiger partial charge in [0, 0.05) is 6.54 Å². The molecule has 25 heavy (non-hydrogen) atoms. The fraction of sp³-hybridized carbons (Fsp3) is 0.300. The molecule has 3 aromatic rings. The van der Waals surface area contributed by atoms with E-state index in [0.29, 0.717) is 24.1 Å². The van der Waals surface area contributed by atoms with E-state index >= 15 is 0 Å². The molecule has 0 amide bonds. The molecule has 130 valence electrons. The maximum Gasteiger partial charge on any atom is 0.422 e. The molecule has 5 heteroatoms. The van der Waals surface area contributed by atoms with E-state index in [0.717, 1.165) is 18.6 Å². The van der Waals surface area contributed by atoms with Crippen LogP contribution >= 0.6 is 0 Å². The van der Waals surface area contributed by atoms with E-state index in [2.05, 4.69) is 6.07 Å². The number of ether oxygens (including phenoxy) is 1. The molecule has 3 rings (SSSR count). The van der Waals surface area contributed by atoms with Gasteiger partial charge in [-0.2, -0.15) is 0 Å². The zero-order valence-electron chi connectivity index (χ0n) is 14.5. The summed E-state index contributed by atoms with van der Waals surface area (Å²) in [6, 6.07) is 13.1. The number of aryl methyl sites for hydroxylation is 3. The van der Waals surface area contributed by atoms with Crippen molar-refractivity contribution in [1.29, 1.82) is 0 Å². The summed E-state index contributed by atoms with van der Waals surface area (Å²) in [5, 5.41) is 0.425. The maximum absolute atomic E-state index is 12.0. The number of hydrogen-bond donors (Lipinski definition) is 0. The second kappa shape index (κ2) is 7.38. The first-order valence-electron chi connectivity index (χ1n) is 8.38. The standard InChI is InChI=1S/C20H21NO4/c1-14-11-15(2)13-16(12-14)24-10-6-5-9-21-18-8-4-3-7-17(18)19(22)25-20(21)23/h3-4,7-8,11-13H,5-6,9-10H2,1-2H3. The van der Waals surface area contributed by atoms with Crippen molar-refractivity contribution >= 4 is 10.9 Å². The number of para-hydroxylation sites is 1. The van der Waals surface area contributed by atoms with Crippen LogP contribution in [0.25, 0.3) is 10.9 Å². The second-order valence-corrected chi connectivity index (χ2v) is 6.20. The molecule has 0 aliphatic rings. The monoisotopic (exact) mass is 339 g/mol. The molecule has 1 aromatic heterocycles. The molecule has 0 N–H and O–H groups in total. The Morgan fingerprint density at radius 1 is 1.00 bits per heavy atom. The van der Waals surface area contributed by atoms with Gasteiger partial charge < -0.3 is 9.15 Å². The van der Waals surface area contributed by atoms with Crippen molar-refractivity contribution in [3.63, 3.8) is 0 Å². The van der Waals surface area contributed by atoms with Gasteiger partial charge >= 0.3 is 11.4 Å². The predicted molar refractivity (Wildman–Crippen MR) is 97.4 cm³/mol. The van der Waals surface area contributed by atoms with Gasteiger partial charge in [0.05, 0.1) is 17.5 Å². The topological polar surface area (TPSA) is 61.4 Å². The van der Waals surface area contributed by atoms with E-state index in [1.54, 1.807) is 24.3 Å². The number of nitrogens with zero attached hydrogens (tertiary/aromatic N) is 1. The van der Waals surface area contributed by atoms with E-state index in [-0.39, 0.29) is 0 Å². The van der Waals surface area contributed by atoms with Gasteiger partial charge in [-0.15, -0.1) is 0 Å². The molecule has 0 spiro atoms. The van der Waals surface area contributed by atoms with Crippen LogP contribution in [0.4, 0.5) is 0 Å². The first-order valence-corrected chi connectivity index (χ1v) is 8.38. The number of unbranched alkanes of at least 4 members (excludes halogenated alkanes) is 1. The summed E-state index contributed by atoms with van der Waals surface area (Å²) in [6.45, 7) is 5.15. The fourth-order valence-corrected chi connectivity index (χ4v) is 2.96.